The van der Waals surface area contributed by atoms with Gasteiger partial charge in [0.2, 0.25) is 11.8 Å². The number of ether oxygens (including phenoxy) is 2. The number of aromatic nitrogens is 2. The predicted octanol–water partition coefficient (Wildman–Crippen LogP) is -0.262. The van der Waals surface area contributed by atoms with Gasteiger partial charge in [-0.2, -0.15) is 0 Å². The van der Waals surface area contributed by atoms with Crippen molar-refractivity contribution in [3.05, 3.63) is 17.7 Å². The van der Waals surface area contributed by atoms with Crippen LogP contribution in [0.15, 0.2) is 6.20 Å². The first-order chi connectivity index (χ1) is 11.1. The smallest absolute Gasteiger partial charge is 0.249 e. The minimum absolute atomic E-state index is 0.0480. The Morgan fingerprint density at radius 3 is 2.83 bits per heavy atom. The molecule has 1 atom stereocenters. The molecule has 2 heterocycles. The van der Waals surface area contributed by atoms with E-state index in [0.717, 1.165) is 5.82 Å². The highest BCUT2D eigenvalue weighted by Crippen LogP contribution is 2.24. The lowest BCUT2D eigenvalue weighted by Gasteiger charge is -2.33. The van der Waals surface area contributed by atoms with Crippen molar-refractivity contribution < 1.29 is 19.1 Å². The first-order valence-electron chi connectivity index (χ1n) is 7.66. The van der Waals surface area contributed by atoms with Crippen molar-refractivity contribution in [2.75, 3.05) is 40.5 Å². The summed E-state index contributed by atoms with van der Waals surface area (Å²) in [6.07, 6.45) is 2.11. The number of carbonyl (C=O) groups excluding carboxylic acids is 2. The van der Waals surface area contributed by atoms with E-state index in [1.807, 2.05) is 17.7 Å². The van der Waals surface area contributed by atoms with Crippen LogP contribution in [-0.2, 0) is 32.0 Å². The Kier molecular flexibility index (Phi) is 6.12. The maximum absolute atomic E-state index is 12.0. The van der Waals surface area contributed by atoms with E-state index in [1.165, 1.54) is 7.11 Å². The zero-order valence-electron chi connectivity index (χ0n) is 13.9. The maximum Gasteiger partial charge on any atom is 0.249 e. The minimum atomic E-state index is -0.128. The van der Waals surface area contributed by atoms with Crippen molar-refractivity contribution in [3.63, 3.8) is 0 Å². The van der Waals surface area contributed by atoms with Crippen LogP contribution in [0.2, 0.25) is 0 Å². The first-order valence-corrected chi connectivity index (χ1v) is 7.66. The lowest BCUT2D eigenvalue weighted by molar-refractivity contribution is -0.138. The molecule has 8 heteroatoms. The number of nitrogens with zero attached hydrogens (tertiary/aromatic N) is 3. The average Bonchev–Trinajstić information content (AvgIpc) is 2.91. The molecule has 128 valence electrons. The Morgan fingerprint density at radius 1 is 1.35 bits per heavy atom. The van der Waals surface area contributed by atoms with Crippen LogP contribution in [0.25, 0.3) is 0 Å². The number of rotatable bonds is 7. The highest BCUT2D eigenvalue weighted by Gasteiger charge is 2.29. The molecule has 0 aliphatic carbocycles. The third kappa shape index (κ3) is 4.29. The van der Waals surface area contributed by atoms with Crippen molar-refractivity contribution in [2.45, 2.75) is 25.9 Å². The topological polar surface area (TPSA) is 85.7 Å². The van der Waals surface area contributed by atoms with E-state index in [1.54, 1.807) is 12.0 Å². The molecule has 0 saturated carbocycles. The molecule has 1 aliphatic heterocycles. The van der Waals surface area contributed by atoms with E-state index in [0.29, 0.717) is 31.9 Å². The number of nitrogens with one attached hydrogen (secondary N) is 1. The molecule has 1 aromatic heterocycles. The van der Waals surface area contributed by atoms with E-state index in [2.05, 4.69) is 10.3 Å². The molecule has 2 amide bonds. The van der Waals surface area contributed by atoms with Crippen molar-refractivity contribution >= 4 is 11.8 Å². The maximum atomic E-state index is 12.0. The lowest BCUT2D eigenvalue weighted by atomic mass is 10.2. The molecule has 0 aromatic carbocycles. The van der Waals surface area contributed by atoms with Gasteiger partial charge in [-0.1, -0.05) is 0 Å². The van der Waals surface area contributed by atoms with Crippen LogP contribution >= 0.6 is 0 Å². The number of carbonyl (C=O) groups is 2. The lowest BCUT2D eigenvalue weighted by Crippen LogP contribution is -2.42. The van der Waals surface area contributed by atoms with Crippen molar-refractivity contribution in [1.29, 1.82) is 0 Å². The summed E-state index contributed by atoms with van der Waals surface area (Å²) in [5.74, 6) is 0.672. The molecule has 0 radical (unpaired) electrons. The quantitative estimate of drug-likeness (QED) is 0.698. The Bertz CT molecular complexity index is 558. The van der Waals surface area contributed by atoms with Gasteiger partial charge in [0.05, 0.1) is 24.8 Å². The molecule has 2 rings (SSSR count). The molecule has 1 aromatic rings. The molecule has 0 saturated heterocycles. The summed E-state index contributed by atoms with van der Waals surface area (Å²) in [6, 6.07) is -0.128. The number of fused-ring (bicyclic) bond motifs is 1. The Hall–Kier alpha value is -1.93. The molecule has 0 spiro atoms. The highest BCUT2D eigenvalue weighted by atomic mass is 16.5. The van der Waals surface area contributed by atoms with E-state index in [4.69, 9.17) is 9.47 Å². The van der Waals surface area contributed by atoms with E-state index >= 15 is 0 Å². The molecule has 0 bridgehead atoms. The highest BCUT2D eigenvalue weighted by molar-refractivity contribution is 5.78. The van der Waals surface area contributed by atoms with Crippen molar-refractivity contribution in [2.24, 2.45) is 0 Å². The number of hydrogen-bond donors (Lipinski definition) is 1. The fourth-order valence-electron chi connectivity index (χ4n) is 2.70. The van der Waals surface area contributed by atoms with Gasteiger partial charge in [-0.15, -0.1) is 0 Å². The van der Waals surface area contributed by atoms with Crippen LogP contribution < -0.4 is 5.32 Å². The average molecular weight is 324 g/mol. The third-order valence-electron chi connectivity index (χ3n) is 3.84. The molecular weight excluding hydrogens is 300 g/mol. The van der Waals surface area contributed by atoms with Gasteiger partial charge < -0.3 is 24.3 Å². The fourth-order valence-corrected chi connectivity index (χ4v) is 2.70. The zero-order valence-corrected chi connectivity index (χ0v) is 13.9. The standard InChI is InChI=1S/C15H24N4O4/c1-11-15-17-12(8-13(20)16-4-7-22-2)9-18(15)5-6-19(11)14(21)10-23-3/h9,11H,4-8,10H2,1-3H3,(H,16,20)/t11-/m1/s1. The van der Waals surface area contributed by atoms with Crippen LogP contribution in [0.4, 0.5) is 0 Å². The van der Waals surface area contributed by atoms with E-state index in [9.17, 15) is 9.59 Å². The Labute approximate surface area is 135 Å². The van der Waals surface area contributed by atoms with Gasteiger partial charge >= 0.3 is 0 Å². The molecule has 1 N–H and O–H groups in total. The van der Waals surface area contributed by atoms with Gasteiger partial charge in [-0.25, -0.2) is 4.98 Å². The number of methoxy groups -OCH3 is 2. The summed E-state index contributed by atoms with van der Waals surface area (Å²) in [4.78, 5) is 30.2. The van der Waals surface area contributed by atoms with Gasteiger partial charge in [0, 0.05) is 40.1 Å². The van der Waals surface area contributed by atoms with E-state index in [-0.39, 0.29) is 30.9 Å². The summed E-state index contributed by atoms with van der Waals surface area (Å²) in [7, 11) is 3.10. The summed E-state index contributed by atoms with van der Waals surface area (Å²) in [6.45, 7) is 4.27. The largest absolute Gasteiger partial charge is 0.383 e. The first kappa shape index (κ1) is 17.4. The van der Waals surface area contributed by atoms with E-state index < -0.39 is 0 Å². The minimum Gasteiger partial charge on any atom is -0.383 e. The second kappa shape index (κ2) is 8.07. The number of imidazole rings is 1. The van der Waals surface area contributed by atoms with Crippen LogP contribution in [0.5, 0.6) is 0 Å². The summed E-state index contributed by atoms with van der Waals surface area (Å²) in [5, 5.41) is 2.77. The number of amides is 2. The van der Waals surface area contributed by atoms with Crippen LogP contribution in [0, 0.1) is 0 Å². The van der Waals surface area contributed by atoms with Crippen LogP contribution in [-0.4, -0.2) is 66.8 Å². The molecule has 0 fully saturated rings. The Balaban J connectivity index is 2.00. The number of hydrogen-bond acceptors (Lipinski definition) is 5. The van der Waals surface area contributed by atoms with Crippen molar-refractivity contribution in [1.82, 2.24) is 19.8 Å². The molecule has 8 nitrogen and oxygen atoms in total. The van der Waals surface area contributed by atoms with Gasteiger partial charge in [0.15, 0.2) is 0 Å². The van der Waals surface area contributed by atoms with Gasteiger partial charge in [-0.05, 0) is 6.92 Å². The molecule has 1 aliphatic rings. The monoisotopic (exact) mass is 324 g/mol. The fraction of sp³-hybridized carbons (Fsp3) is 0.667. The zero-order chi connectivity index (χ0) is 16.8. The van der Waals surface area contributed by atoms with Gasteiger partial charge in [0.1, 0.15) is 12.4 Å². The van der Waals surface area contributed by atoms with Gasteiger partial charge in [0.25, 0.3) is 0 Å². The molecule has 0 unspecified atom stereocenters. The van der Waals surface area contributed by atoms with Gasteiger partial charge in [-0.3, -0.25) is 9.59 Å². The SMILES string of the molecule is COCCNC(=O)Cc1cn2c(n1)[C@@H](C)N(C(=O)COC)CC2. The summed E-state index contributed by atoms with van der Waals surface area (Å²) >= 11 is 0. The molecular formula is C15H24N4O4. The van der Waals surface area contributed by atoms with Crippen LogP contribution in [0.1, 0.15) is 24.5 Å². The second-order valence-corrected chi connectivity index (χ2v) is 5.50. The van der Waals surface area contributed by atoms with Crippen LogP contribution in [0.3, 0.4) is 0 Å². The summed E-state index contributed by atoms with van der Waals surface area (Å²) in [5.41, 5.74) is 0.711. The normalized spacial score (nSPS) is 17.0. The third-order valence-corrected chi connectivity index (χ3v) is 3.84. The predicted molar refractivity (Wildman–Crippen MR) is 82.8 cm³/mol. The Morgan fingerprint density at radius 2 is 2.13 bits per heavy atom. The summed E-state index contributed by atoms with van der Waals surface area (Å²) < 4.78 is 11.8. The van der Waals surface area contributed by atoms with Crippen molar-refractivity contribution in [3.8, 4) is 0 Å². The molecule has 23 heavy (non-hydrogen) atoms. The second-order valence-electron chi connectivity index (χ2n) is 5.50.